The number of methoxy groups -OCH3 is 1. The normalized spacial score (nSPS) is 11.2. The van der Waals surface area contributed by atoms with Crippen LogP contribution >= 0.6 is 0 Å². The number of hydrogen-bond acceptors (Lipinski definition) is 5. The molecule has 1 aromatic carbocycles. The van der Waals surface area contributed by atoms with Crippen molar-refractivity contribution in [1.29, 1.82) is 0 Å². The second-order valence-electron chi connectivity index (χ2n) is 6.29. The van der Waals surface area contributed by atoms with E-state index in [-0.39, 0.29) is 23.8 Å². The van der Waals surface area contributed by atoms with E-state index >= 15 is 0 Å². The molecule has 30 heavy (non-hydrogen) atoms. The first kappa shape index (κ1) is 21.2. The Bertz CT molecular complexity index is 974. The number of aryl methyl sites for hydroxylation is 1. The SMILES string of the molecule is COc1cc(CCC(=O)Nc2ccc(-n3cccn3)nc2)ccc1OCC(F)(F)F. The minimum Gasteiger partial charge on any atom is -0.493 e. The molecule has 3 rings (SSSR count). The van der Waals surface area contributed by atoms with Gasteiger partial charge in [0.2, 0.25) is 5.91 Å². The first-order valence-electron chi connectivity index (χ1n) is 8.96. The Kier molecular flexibility index (Phi) is 6.55. The van der Waals surface area contributed by atoms with Gasteiger partial charge in [-0.1, -0.05) is 6.07 Å². The molecule has 0 atom stereocenters. The highest BCUT2D eigenvalue weighted by Gasteiger charge is 2.29. The summed E-state index contributed by atoms with van der Waals surface area (Å²) < 4.78 is 48.4. The van der Waals surface area contributed by atoms with Crippen LogP contribution in [0.3, 0.4) is 0 Å². The number of hydrogen-bond donors (Lipinski definition) is 1. The van der Waals surface area contributed by atoms with Crippen molar-refractivity contribution in [3.8, 4) is 17.3 Å². The van der Waals surface area contributed by atoms with E-state index in [4.69, 9.17) is 9.47 Å². The molecule has 0 fully saturated rings. The number of ether oxygens (including phenoxy) is 2. The maximum absolute atomic E-state index is 12.3. The number of carbonyl (C=O) groups is 1. The maximum Gasteiger partial charge on any atom is 0.422 e. The zero-order valence-corrected chi connectivity index (χ0v) is 16.0. The van der Waals surface area contributed by atoms with Crippen molar-refractivity contribution in [2.45, 2.75) is 19.0 Å². The van der Waals surface area contributed by atoms with Crippen molar-refractivity contribution in [2.24, 2.45) is 0 Å². The standard InChI is InChI=1S/C20H19F3N4O3/c1-29-17-11-14(3-6-16(17)30-13-20(21,22)23)4-8-19(28)26-15-5-7-18(24-12-15)27-10-2-9-25-27/h2-3,5-7,9-12H,4,8,13H2,1H3,(H,26,28). The lowest BCUT2D eigenvalue weighted by Gasteiger charge is -2.13. The van der Waals surface area contributed by atoms with Gasteiger partial charge in [0.05, 0.1) is 19.0 Å². The Balaban J connectivity index is 1.54. The first-order chi connectivity index (χ1) is 14.3. The molecular formula is C20H19F3N4O3. The Hall–Kier alpha value is -3.56. The van der Waals surface area contributed by atoms with Gasteiger partial charge in [0.1, 0.15) is 0 Å². The van der Waals surface area contributed by atoms with Crippen LogP contribution in [-0.4, -0.2) is 40.6 Å². The number of anilines is 1. The molecule has 0 bridgehead atoms. The van der Waals surface area contributed by atoms with Crippen molar-refractivity contribution in [3.63, 3.8) is 0 Å². The van der Waals surface area contributed by atoms with E-state index in [0.717, 1.165) is 5.56 Å². The summed E-state index contributed by atoms with van der Waals surface area (Å²) in [5.74, 6) is 0.569. The van der Waals surface area contributed by atoms with Crippen molar-refractivity contribution in [1.82, 2.24) is 14.8 Å². The fourth-order valence-corrected chi connectivity index (χ4v) is 2.63. The molecular weight excluding hydrogens is 401 g/mol. The fraction of sp³-hybridized carbons (Fsp3) is 0.250. The summed E-state index contributed by atoms with van der Waals surface area (Å²) in [6, 6.07) is 9.78. The van der Waals surface area contributed by atoms with Gasteiger partial charge in [-0.3, -0.25) is 4.79 Å². The van der Waals surface area contributed by atoms with Crippen LogP contribution in [0.15, 0.2) is 55.0 Å². The molecule has 158 valence electrons. The third-order valence-electron chi connectivity index (χ3n) is 4.03. The van der Waals surface area contributed by atoms with Crippen LogP contribution in [0.1, 0.15) is 12.0 Å². The fourth-order valence-electron chi connectivity index (χ4n) is 2.63. The molecule has 0 aliphatic heterocycles. The Morgan fingerprint density at radius 2 is 2.03 bits per heavy atom. The summed E-state index contributed by atoms with van der Waals surface area (Å²) in [5, 5.41) is 6.83. The minimum atomic E-state index is -4.44. The van der Waals surface area contributed by atoms with Gasteiger partial charge in [0, 0.05) is 18.8 Å². The molecule has 2 heterocycles. The van der Waals surface area contributed by atoms with Crippen LogP contribution in [0.5, 0.6) is 11.5 Å². The molecule has 7 nitrogen and oxygen atoms in total. The summed E-state index contributed by atoms with van der Waals surface area (Å²) in [4.78, 5) is 16.4. The molecule has 0 saturated carbocycles. The van der Waals surface area contributed by atoms with Gasteiger partial charge in [0.25, 0.3) is 0 Å². The van der Waals surface area contributed by atoms with Crippen LogP contribution in [0.25, 0.3) is 5.82 Å². The highest BCUT2D eigenvalue weighted by atomic mass is 19.4. The van der Waals surface area contributed by atoms with Gasteiger partial charge >= 0.3 is 6.18 Å². The maximum atomic E-state index is 12.3. The molecule has 3 aromatic rings. The lowest BCUT2D eigenvalue weighted by Crippen LogP contribution is -2.19. The summed E-state index contributed by atoms with van der Waals surface area (Å²) in [7, 11) is 1.34. The zero-order valence-electron chi connectivity index (χ0n) is 16.0. The van der Waals surface area contributed by atoms with E-state index in [9.17, 15) is 18.0 Å². The average molecular weight is 420 g/mol. The van der Waals surface area contributed by atoms with Gasteiger partial charge in [-0.15, -0.1) is 0 Å². The predicted molar refractivity (Wildman–Crippen MR) is 103 cm³/mol. The van der Waals surface area contributed by atoms with Gasteiger partial charge in [-0.25, -0.2) is 9.67 Å². The van der Waals surface area contributed by atoms with Crippen LogP contribution < -0.4 is 14.8 Å². The predicted octanol–water partition coefficient (Wildman–Crippen LogP) is 3.79. The number of nitrogens with one attached hydrogen (secondary N) is 1. The summed E-state index contributed by atoms with van der Waals surface area (Å²) in [6.45, 7) is -1.40. The lowest BCUT2D eigenvalue weighted by molar-refractivity contribution is -0.153. The number of benzene rings is 1. The second-order valence-corrected chi connectivity index (χ2v) is 6.29. The largest absolute Gasteiger partial charge is 0.493 e. The van der Waals surface area contributed by atoms with E-state index in [1.54, 1.807) is 47.4 Å². The van der Waals surface area contributed by atoms with Gasteiger partial charge < -0.3 is 14.8 Å². The van der Waals surface area contributed by atoms with Gasteiger partial charge in [0.15, 0.2) is 23.9 Å². The Labute approximate surface area is 170 Å². The van der Waals surface area contributed by atoms with Crippen molar-refractivity contribution in [3.05, 3.63) is 60.6 Å². The molecule has 0 spiro atoms. The van der Waals surface area contributed by atoms with E-state index in [1.807, 2.05) is 0 Å². The number of carbonyl (C=O) groups excluding carboxylic acids is 1. The zero-order chi connectivity index (χ0) is 21.6. The third-order valence-corrected chi connectivity index (χ3v) is 4.03. The molecule has 0 radical (unpaired) electrons. The lowest BCUT2D eigenvalue weighted by atomic mass is 10.1. The van der Waals surface area contributed by atoms with Crippen LogP contribution in [0.4, 0.5) is 18.9 Å². The second kappa shape index (κ2) is 9.29. The van der Waals surface area contributed by atoms with E-state index in [2.05, 4.69) is 15.4 Å². The Morgan fingerprint density at radius 3 is 2.67 bits per heavy atom. The number of nitrogens with zero attached hydrogens (tertiary/aromatic N) is 3. The monoisotopic (exact) mass is 420 g/mol. The Morgan fingerprint density at radius 1 is 1.20 bits per heavy atom. The summed E-state index contributed by atoms with van der Waals surface area (Å²) >= 11 is 0. The molecule has 0 saturated heterocycles. The third kappa shape index (κ3) is 5.97. The highest BCUT2D eigenvalue weighted by Crippen LogP contribution is 2.30. The van der Waals surface area contributed by atoms with Gasteiger partial charge in [-0.2, -0.15) is 18.3 Å². The van der Waals surface area contributed by atoms with Gasteiger partial charge in [-0.05, 0) is 42.3 Å². The molecule has 10 heteroatoms. The van der Waals surface area contributed by atoms with E-state index in [0.29, 0.717) is 17.9 Å². The number of rotatable bonds is 8. The quantitative estimate of drug-likeness (QED) is 0.600. The van der Waals surface area contributed by atoms with Crippen LogP contribution in [0, 0.1) is 0 Å². The number of amides is 1. The van der Waals surface area contributed by atoms with Crippen molar-refractivity contribution in [2.75, 3.05) is 19.0 Å². The van der Waals surface area contributed by atoms with Crippen LogP contribution in [0.2, 0.25) is 0 Å². The molecule has 1 N–H and O–H groups in total. The molecule has 0 aliphatic carbocycles. The topological polar surface area (TPSA) is 78.3 Å². The molecule has 0 unspecified atom stereocenters. The molecule has 0 aliphatic rings. The summed E-state index contributed by atoms with van der Waals surface area (Å²) in [6.07, 6.45) is 1.04. The highest BCUT2D eigenvalue weighted by molar-refractivity contribution is 5.90. The van der Waals surface area contributed by atoms with Crippen molar-refractivity contribution >= 4 is 11.6 Å². The summed E-state index contributed by atoms with van der Waals surface area (Å²) in [5.41, 5.74) is 1.28. The van der Waals surface area contributed by atoms with E-state index in [1.165, 1.54) is 19.4 Å². The number of alkyl halides is 3. The first-order valence-corrected chi connectivity index (χ1v) is 8.96. The number of pyridine rings is 1. The molecule has 2 aromatic heterocycles. The molecule has 1 amide bonds. The van der Waals surface area contributed by atoms with Crippen molar-refractivity contribution < 1.29 is 27.4 Å². The van der Waals surface area contributed by atoms with E-state index < -0.39 is 12.8 Å². The smallest absolute Gasteiger partial charge is 0.422 e. The minimum absolute atomic E-state index is 0.00799. The number of halogens is 3. The average Bonchev–Trinajstić information content (AvgIpc) is 3.26. The van der Waals surface area contributed by atoms with Crippen LogP contribution in [-0.2, 0) is 11.2 Å². The number of aromatic nitrogens is 3.